The molecule has 4 nitrogen and oxygen atoms in total. The van der Waals surface area contributed by atoms with E-state index in [9.17, 15) is 14.0 Å². The third kappa shape index (κ3) is 4.75. The summed E-state index contributed by atoms with van der Waals surface area (Å²) in [6.07, 6.45) is 6.80. The summed E-state index contributed by atoms with van der Waals surface area (Å²) >= 11 is 1.46. The van der Waals surface area contributed by atoms with Gasteiger partial charge in [0.05, 0.1) is 5.56 Å². The van der Waals surface area contributed by atoms with Crippen molar-refractivity contribution in [3.63, 3.8) is 0 Å². The molecule has 2 amide bonds. The number of halogens is 1. The smallest absolute Gasteiger partial charge is 0.251 e. The highest BCUT2D eigenvalue weighted by Crippen LogP contribution is 2.45. The van der Waals surface area contributed by atoms with Gasteiger partial charge in [-0.1, -0.05) is 39.3 Å². The first-order valence-electron chi connectivity index (χ1n) is 9.90. The van der Waals surface area contributed by atoms with E-state index >= 15 is 0 Å². The van der Waals surface area contributed by atoms with Gasteiger partial charge in [-0.25, -0.2) is 4.39 Å². The van der Waals surface area contributed by atoms with Gasteiger partial charge in [0.1, 0.15) is 10.8 Å². The van der Waals surface area contributed by atoms with Crippen LogP contribution in [0.1, 0.15) is 60.0 Å². The first-order chi connectivity index (χ1) is 13.7. The van der Waals surface area contributed by atoms with Crippen LogP contribution in [0.15, 0.2) is 30.3 Å². The van der Waals surface area contributed by atoms with Gasteiger partial charge in [-0.05, 0) is 59.9 Å². The van der Waals surface area contributed by atoms with Crippen LogP contribution in [0.25, 0.3) is 6.08 Å². The van der Waals surface area contributed by atoms with Crippen molar-refractivity contribution < 1.29 is 14.0 Å². The Labute approximate surface area is 175 Å². The van der Waals surface area contributed by atoms with Crippen molar-refractivity contribution in [3.05, 3.63) is 57.7 Å². The molecular formula is C23H27FN2O2S. The molecule has 1 aliphatic rings. The average Bonchev–Trinajstić information content (AvgIpc) is 3.04. The molecule has 0 radical (unpaired) electrons. The first-order valence-corrected chi connectivity index (χ1v) is 10.7. The predicted octanol–water partition coefficient (Wildman–Crippen LogP) is 5.18. The molecule has 29 heavy (non-hydrogen) atoms. The molecule has 0 fully saturated rings. The summed E-state index contributed by atoms with van der Waals surface area (Å²) < 4.78 is 13.0. The number of rotatable bonds is 6. The molecule has 3 N–H and O–H groups in total. The number of carbonyl (C=O) groups is 2. The second-order valence-corrected chi connectivity index (χ2v) is 9.33. The maximum atomic E-state index is 13.0. The number of anilines is 1. The summed E-state index contributed by atoms with van der Waals surface area (Å²) in [7, 11) is 0. The van der Waals surface area contributed by atoms with E-state index in [1.807, 2.05) is 0 Å². The third-order valence-electron chi connectivity index (χ3n) is 6.06. The molecule has 0 saturated carbocycles. The second kappa shape index (κ2) is 8.49. The van der Waals surface area contributed by atoms with Crippen LogP contribution < -0.4 is 11.1 Å². The van der Waals surface area contributed by atoms with Crippen molar-refractivity contribution >= 4 is 34.2 Å². The third-order valence-corrected chi connectivity index (χ3v) is 7.23. The Hall–Kier alpha value is -2.47. The number of hydrogen-bond acceptors (Lipinski definition) is 3. The maximum Gasteiger partial charge on any atom is 0.251 e. The standard InChI is InChI=1S/C23H27FN2O2S/c1-4-23(2,3)15-8-11-17-18(13-15)29-22(20(17)21(25)28)26-19(27)12-7-14-5-9-16(24)10-6-14/h5-7,9-10,12,15H,4,8,11,13H2,1-3H3,(H2,25,28)(H,26,27)/b12-7+. The first kappa shape index (κ1) is 21.2. The van der Waals surface area contributed by atoms with Gasteiger partial charge in [-0.2, -0.15) is 0 Å². The molecule has 1 heterocycles. The zero-order valence-electron chi connectivity index (χ0n) is 17.0. The van der Waals surface area contributed by atoms with Crippen molar-refractivity contribution in [2.24, 2.45) is 17.1 Å². The van der Waals surface area contributed by atoms with E-state index in [-0.39, 0.29) is 17.1 Å². The average molecular weight is 415 g/mol. The molecule has 0 aliphatic heterocycles. The SMILES string of the molecule is CCC(C)(C)C1CCc2c(sc(NC(=O)/C=C/c3ccc(F)cc3)c2C(N)=O)C1. The van der Waals surface area contributed by atoms with E-state index < -0.39 is 5.91 Å². The molecule has 154 valence electrons. The lowest BCUT2D eigenvalue weighted by atomic mass is 9.69. The minimum atomic E-state index is -0.506. The van der Waals surface area contributed by atoms with Gasteiger partial charge in [0.25, 0.3) is 5.91 Å². The Morgan fingerprint density at radius 2 is 2.00 bits per heavy atom. The van der Waals surface area contributed by atoms with Crippen molar-refractivity contribution in [1.82, 2.24) is 0 Å². The van der Waals surface area contributed by atoms with Crippen LogP contribution in [-0.2, 0) is 17.6 Å². The Kier molecular flexibility index (Phi) is 6.22. The molecule has 3 rings (SSSR count). The number of hydrogen-bond donors (Lipinski definition) is 2. The van der Waals surface area contributed by atoms with Gasteiger partial charge >= 0.3 is 0 Å². The van der Waals surface area contributed by atoms with Crippen molar-refractivity contribution in [1.29, 1.82) is 0 Å². The molecule has 6 heteroatoms. The van der Waals surface area contributed by atoms with E-state index in [1.165, 1.54) is 29.5 Å². The fraction of sp³-hybridized carbons (Fsp3) is 0.391. The number of amides is 2. The van der Waals surface area contributed by atoms with Crippen molar-refractivity contribution in [2.75, 3.05) is 5.32 Å². The van der Waals surface area contributed by atoms with Crippen LogP contribution in [-0.4, -0.2) is 11.8 Å². The summed E-state index contributed by atoms with van der Waals surface area (Å²) in [4.78, 5) is 25.6. The monoisotopic (exact) mass is 414 g/mol. The normalized spacial score (nSPS) is 16.6. The van der Waals surface area contributed by atoms with E-state index in [0.29, 0.717) is 22.0 Å². The highest BCUT2D eigenvalue weighted by molar-refractivity contribution is 7.17. The lowest BCUT2D eigenvalue weighted by Crippen LogP contribution is -2.29. The zero-order chi connectivity index (χ0) is 21.2. The Morgan fingerprint density at radius 3 is 2.62 bits per heavy atom. The zero-order valence-corrected chi connectivity index (χ0v) is 17.9. The fourth-order valence-electron chi connectivity index (χ4n) is 3.79. The number of thiophene rings is 1. The number of nitrogens with one attached hydrogen (secondary N) is 1. The number of benzene rings is 1. The summed E-state index contributed by atoms with van der Waals surface area (Å²) in [5.74, 6) is -0.637. The molecule has 0 saturated heterocycles. The van der Waals surface area contributed by atoms with Gasteiger partial charge in [-0.3, -0.25) is 9.59 Å². The van der Waals surface area contributed by atoms with Gasteiger partial charge < -0.3 is 11.1 Å². The minimum Gasteiger partial charge on any atom is -0.365 e. The highest BCUT2D eigenvalue weighted by Gasteiger charge is 2.34. The molecular weight excluding hydrogens is 387 g/mol. The molecule has 1 atom stereocenters. The van der Waals surface area contributed by atoms with E-state index in [4.69, 9.17) is 5.73 Å². The summed E-state index contributed by atoms with van der Waals surface area (Å²) in [5.41, 5.74) is 8.03. The van der Waals surface area contributed by atoms with Crippen LogP contribution in [0.2, 0.25) is 0 Å². The van der Waals surface area contributed by atoms with E-state index in [1.54, 1.807) is 18.2 Å². The largest absolute Gasteiger partial charge is 0.365 e. The Bertz CT molecular complexity index is 945. The Morgan fingerprint density at radius 1 is 1.31 bits per heavy atom. The Balaban J connectivity index is 1.80. The van der Waals surface area contributed by atoms with Crippen LogP contribution in [0.5, 0.6) is 0 Å². The van der Waals surface area contributed by atoms with Gasteiger partial charge in [0.15, 0.2) is 0 Å². The van der Waals surface area contributed by atoms with Gasteiger partial charge in [0.2, 0.25) is 5.91 Å². The molecule has 1 unspecified atom stereocenters. The number of primary amides is 1. The van der Waals surface area contributed by atoms with E-state index in [2.05, 4.69) is 26.1 Å². The van der Waals surface area contributed by atoms with Crippen molar-refractivity contribution in [2.45, 2.75) is 46.5 Å². The van der Waals surface area contributed by atoms with Gasteiger partial charge in [-0.15, -0.1) is 11.3 Å². The van der Waals surface area contributed by atoms with Gasteiger partial charge in [0, 0.05) is 11.0 Å². The van der Waals surface area contributed by atoms with Crippen LogP contribution >= 0.6 is 11.3 Å². The summed E-state index contributed by atoms with van der Waals surface area (Å²) in [5, 5.41) is 3.34. The summed E-state index contributed by atoms with van der Waals surface area (Å²) in [6.45, 7) is 6.78. The van der Waals surface area contributed by atoms with Crippen LogP contribution in [0, 0.1) is 17.2 Å². The second-order valence-electron chi connectivity index (χ2n) is 8.23. The fourth-order valence-corrected chi connectivity index (χ4v) is 5.13. The highest BCUT2D eigenvalue weighted by atomic mass is 32.1. The molecule has 0 spiro atoms. The lowest BCUT2D eigenvalue weighted by molar-refractivity contribution is -0.111. The molecule has 1 aromatic heterocycles. The number of carbonyl (C=O) groups excluding carboxylic acids is 2. The topological polar surface area (TPSA) is 72.2 Å². The lowest BCUT2D eigenvalue weighted by Gasteiger charge is -2.36. The maximum absolute atomic E-state index is 13.0. The van der Waals surface area contributed by atoms with Crippen LogP contribution in [0.3, 0.4) is 0 Å². The number of fused-ring (bicyclic) bond motifs is 1. The molecule has 2 aromatic rings. The number of nitrogens with two attached hydrogens (primary N) is 1. The van der Waals surface area contributed by atoms with Crippen molar-refractivity contribution in [3.8, 4) is 0 Å². The molecule has 0 bridgehead atoms. The molecule has 1 aromatic carbocycles. The minimum absolute atomic E-state index is 0.232. The van der Waals surface area contributed by atoms with Crippen LogP contribution in [0.4, 0.5) is 9.39 Å². The van der Waals surface area contributed by atoms with E-state index in [0.717, 1.165) is 36.1 Å². The summed E-state index contributed by atoms with van der Waals surface area (Å²) in [6, 6.07) is 5.86. The predicted molar refractivity (Wildman–Crippen MR) is 116 cm³/mol. The quantitative estimate of drug-likeness (QED) is 0.639. The molecule has 1 aliphatic carbocycles.